The molecule has 0 saturated heterocycles. The first kappa shape index (κ1) is 19.3. The van der Waals surface area contributed by atoms with Crippen molar-refractivity contribution in [3.05, 3.63) is 0 Å². The van der Waals surface area contributed by atoms with Crippen LogP contribution in [0.3, 0.4) is 0 Å². The van der Waals surface area contributed by atoms with Crippen LogP contribution in [0.5, 0.6) is 0 Å². The third kappa shape index (κ3) is 13.9. The first-order valence-corrected chi connectivity index (χ1v) is 7.42. The number of unbranched alkanes of at least 4 members (excludes halogenated alkanes) is 5. The lowest BCUT2D eigenvalue weighted by Crippen LogP contribution is -2.09. The lowest BCUT2D eigenvalue weighted by molar-refractivity contribution is 0.0908. The van der Waals surface area contributed by atoms with Crippen LogP contribution in [0.1, 0.15) is 78.6 Å². The van der Waals surface area contributed by atoms with E-state index >= 15 is 0 Å². The smallest absolute Gasteiger partial charge is 0.0494 e. The van der Waals surface area contributed by atoms with Crippen molar-refractivity contribution >= 4 is 0 Å². The van der Waals surface area contributed by atoms with Crippen LogP contribution in [0.15, 0.2) is 0 Å². The van der Waals surface area contributed by atoms with E-state index < -0.39 is 0 Å². The van der Waals surface area contributed by atoms with Crippen molar-refractivity contribution in [3.8, 4) is 0 Å². The average Bonchev–Trinajstić information content (AvgIpc) is 2.32. The molecule has 0 rings (SSSR count). The van der Waals surface area contributed by atoms with Crippen molar-refractivity contribution in [2.75, 3.05) is 13.2 Å². The summed E-state index contributed by atoms with van der Waals surface area (Å²) in [5.74, 6) is 0.801. The van der Waals surface area contributed by atoms with Gasteiger partial charge in [0.25, 0.3) is 0 Å². The quantitative estimate of drug-likeness (QED) is 0.471. The molecule has 2 N–H and O–H groups in total. The number of rotatable bonds is 12. The zero-order chi connectivity index (χ0) is 12.1. The third-order valence-electron chi connectivity index (χ3n) is 3.29. The normalized spacial score (nSPS) is 12.2. The van der Waals surface area contributed by atoms with Gasteiger partial charge in [-0.1, -0.05) is 65.7 Å². The summed E-state index contributed by atoms with van der Waals surface area (Å²) in [7, 11) is 0. The molecule has 17 heavy (non-hydrogen) atoms. The topological polar surface area (TPSA) is 40.7 Å². The molecular weight excluding hydrogens is 212 g/mol. The minimum Gasteiger partial charge on any atom is -0.412 e. The molecule has 0 aliphatic heterocycles. The Labute approximate surface area is 108 Å². The molecular formula is C15H34O2. The Kier molecular flexibility index (Phi) is 18.0. The van der Waals surface area contributed by atoms with Gasteiger partial charge in [-0.3, -0.25) is 0 Å². The molecule has 0 spiro atoms. The molecule has 0 aromatic rings. The molecule has 0 saturated carbocycles. The second-order valence-corrected chi connectivity index (χ2v) is 4.91. The van der Waals surface area contributed by atoms with Gasteiger partial charge in [0, 0.05) is 13.2 Å². The highest BCUT2D eigenvalue weighted by Gasteiger charge is 2.05. The summed E-state index contributed by atoms with van der Waals surface area (Å²) in [6, 6.07) is 0. The van der Waals surface area contributed by atoms with Crippen LogP contribution in [0, 0.1) is 5.92 Å². The molecule has 0 fully saturated rings. The molecule has 0 aliphatic carbocycles. The van der Waals surface area contributed by atoms with Crippen molar-refractivity contribution in [1.29, 1.82) is 0 Å². The van der Waals surface area contributed by atoms with E-state index in [1.807, 2.05) is 0 Å². The van der Waals surface area contributed by atoms with E-state index in [2.05, 4.69) is 20.8 Å². The van der Waals surface area contributed by atoms with E-state index in [0.717, 1.165) is 19.1 Å². The molecule has 0 radical (unpaired) electrons. The van der Waals surface area contributed by atoms with Crippen molar-refractivity contribution < 1.29 is 10.2 Å². The van der Waals surface area contributed by atoms with Gasteiger partial charge in [-0.2, -0.15) is 0 Å². The second-order valence-electron chi connectivity index (χ2n) is 4.91. The molecule has 1 atom stereocenters. The predicted octanol–water partition coefficient (Wildman–Crippen LogP) is 4.37. The molecule has 0 heterocycles. The van der Waals surface area contributed by atoms with Gasteiger partial charge in [0.1, 0.15) is 0 Å². The monoisotopic (exact) mass is 246 g/mol. The predicted molar refractivity (Wildman–Crippen MR) is 76.5 cm³/mol. The van der Waals surface area contributed by atoms with E-state index in [0.29, 0.717) is 0 Å². The molecule has 2 nitrogen and oxygen atoms in total. The highest BCUT2D eigenvalue weighted by Crippen LogP contribution is 2.13. The van der Waals surface area contributed by atoms with Gasteiger partial charge >= 0.3 is 0 Å². The Hall–Kier alpha value is -0.0800. The lowest BCUT2D eigenvalue weighted by atomic mass is 10.0. The summed E-state index contributed by atoms with van der Waals surface area (Å²) in [6.07, 6.45) is 12.0. The molecule has 0 aromatic carbocycles. The minimum absolute atomic E-state index is 0. The second kappa shape index (κ2) is 15.9. The van der Waals surface area contributed by atoms with E-state index in [-0.39, 0.29) is 5.48 Å². The lowest BCUT2D eigenvalue weighted by Gasteiger charge is -2.14. The number of hydrogen-bond acceptors (Lipinski definition) is 1. The van der Waals surface area contributed by atoms with Gasteiger partial charge in [-0.05, 0) is 18.8 Å². The molecule has 106 valence electrons. The van der Waals surface area contributed by atoms with Gasteiger partial charge in [0.15, 0.2) is 0 Å². The van der Waals surface area contributed by atoms with Gasteiger partial charge in [0.05, 0.1) is 0 Å². The highest BCUT2D eigenvalue weighted by molar-refractivity contribution is 4.55. The van der Waals surface area contributed by atoms with Crippen LogP contribution in [-0.4, -0.2) is 18.7 Å². The van der Waals surface area contributed by atoms with Gasteiger partial charge in [-0.25, -0.2) is 0 Å². The maximum atomic E-state index is 5.76. The van der Waals surface area contributed by atoms with Gasteiger partial charge in [-0.15, -0.1) is 0 Å². The van der Waals surface area contributed by atoms with Crippen molar-refractivity contribution in [1.82, 2.24) is 0 Å². The average molecular weight is 246 g/mol. The summed E-state index contributed by atoms with van der Waals surface area (Å²) >= 11 is 0. The third-order valence-corrected chi connectivity index (χ3v) is 3.29. The fourth-order valence-corrected chi connectivity index (χ4v) is 1.96. The summed E-state index contributed by atoms with van der Waals surface area (Å²) in [6.45, 7) is 8.78. The fourth-order valence-electron chi connectivity index (χ4n) is 1.96. The maximum absolute atomic E-state index is 5.76. The van der Waals surface area contributed by atoms with Crippen molar-refractivity contribution in [2.24, 2.45) is 5.92 Å². The maximum Gasteiger partial charge on any atom is 0.0494 e. The molecule has 1 unspecified atom stereocenters. The van der Waals surface area contributed by atoms with E-state index in [1.165, 1.54) is 57.8 Å². The van der Waals surface area contributed by atoms with E-state index in [1.54, 1.807) is 0 Å². The standard InChI is InChI=1S/C15H32O.H2O/c1-4-7-9-10-11-13-16-14-15(6-3)12-8-5-2;/h15H,4-14H2,1-3H3;1H2. The van der Waals surface area contributed by atoms with E-state index in [4.69, 9.17) is 4.74 Å². The summed E-state index contributed by atoms with van der Waals surface area (Å²) < 4.78 is 5.76. The van der Waals surface area contributed by atoms with Gasteiger partial charge in [0.2, 0.25) is 0 Å². The van der Waals surface area contributed by atoms with E-state index in [9.17, 15) is 0 Å². The van der Waals surface area contributed by atoms with Crippen molar-refractivity contribution in [2.45, 2.75) is 78.6 Å². The Morgan fingerprint density at radius 2 is 1.47 bits per heavy atom. The summed E-state index contributed by atoms with van der Waals surface area (Å²) in [5, 5.41) is 0. The number of ether oxygens (including phenoxy) is 1. The fraction of sp³-hybridized carbons (Fsp3) is 1.00. The van der Waals surface area contributed by atoms with Crippen LogP contribution >= 0.6 is 0 Å². The van der Waals surface area contributed by atoms with Crippen LogP contribution < -0.4 is 0 Å². The Balaban J connectivity index is 0. The molecule has 0 bridgehead atoms. The van der Waals surface area contributed by atoms with Crippen LogP contribution in [0.2, 0.25) is 0 Å². The minimum atomic E-state index is 0. The molecule has 0 aromatic heterocycles. The number of hydrogen-bond donors (Lipinski definition) is 0. The van der Waals surface area contributed by atoms with Crippen LogP contribution in [-0.2, 0) is 4.74 Å². The summed E-state index contributed by atoms with van der Waals surface area (Å²) in [4.78, 5) is 0. The first-order chi connectivity index (χ1) is 7.85. The zero-order valence-corrected chi connectivity index (χ0v) is 12.3. The first-order valence-electron chi connectivity index (χ1n) is 7.42. The molecule has 0 aliphatic rings. The zero-order valence-electron chi connectivity index (χ0n) is 12.3. The molecule has 2 heteroatoms. The van der Waals surface area contributed by atoms with Crippen LogP contribution in [0.25, 0.3) is 0 Å². The SMILES string of the molecule is CCCCCCCOCC(CC)CCCC.O. The highest BCUT2D eigenvalue weighted by atomic mass is 16.5. The van der Waals surface area contributed by atoms with Gasteiger partial charge < -0.3 is 10.2 Å². The van der Waals surface area contributed by atoms with Crippen LogP contribution in [0.4, 0.5) is 0 Å². The Morgan fingerprint density at radius 1 is 0.824 bits per heavy atom. The Bertz CT molecular complexity index is 126. The largest absolute Gasteiger partial charge is 0.412 e. The van der Waals surface area contributed by atoms with Crippen molar-refractivity contribution in [3.63, 3.8) is 0 Å². The molecule has 0 amide bonds. The Morgan fingerprint density at radius 3 is 2.06 bits per heavy atom. The summed E-state index contributed by atoms with van der Waals surface area (Å²) in [5.41, 5.74) is 0.